The van der Waals surface area contributed by atoms with E-state index >= 15 is 0 Å². The quantitative estimate of drug-likeness (QED) is 0.546. The van der Waals surface area contributed by atoms with Crippen LogP contribution in [0.1, 0.15) is 54.7 Å². The number of fused-ring (bicyclic) bond motifs is 4. The van der Waals surface area contributed by atoms with Crippen LogP contribution in [0.25, 0.3) is 11.0 Å². The van der Waals surface area contributed by atoms with Gasteiger partial charge in [-0.15, -0.1) is 0 Å². The summed E-state index contributed by atoms with van der Waals surface area (Å²) in [6, 6.07) is 2.20. The number of anilines is 1. The van der Waals surface area contributed by atoms with Crippen LogP contribution in [0.3, 0.4) is 0 Å². The average Bonchev–Trinajstić information content (AvgIpc) is 3.61. The first kappa shape index (κ1) is 23.2. The van der Waals surface area contributed by atoms with E-state index in [1.807, 2.05) is 17.9 Å². The van der Waals surface area contributed by atoms with Gasteiger partial charge in [0.1, 0.15) is 0 Å². The first-order valence-electron chi connectivity index (χ1n) is 13.8. The average molecular weight is 503 g/mol. The predicted molar refractivity (Wildman–Crippen MR) is 142 cm³/mol. The van der Waals surface area contributed by atoms with Crippen molar-refractivity contribution in [1.82, 2.24) is 34.3 Å². The zero-order valence-electron chi connectivity index (χ0n) is 22.6. The molecule has 2 saturated carbocycles. The first-order chi connectivity index (χ1) is 17.8. The SMILES string of the molecule is Cc1cc(N2CCc3c(c(C)nn3CC34CCC(N5CCN(C)CC5=O)(CC3)C4)C2)c2cnn(C)c2n1. The summed E-state index contributed by atoms with van der Waals surface area (Å²) in [7, 11) is 4.01. The highest BCUT2D eigenvalue weighted by molar-refractivity contribution is 5.89. The van der Waals surface area contributed by atoms with Gasteiger partial charge >= 0.3 is 0 Å². The van der Waals surface area contributed by atoms with Crippen molar-refractivity contribution in [1.29, 1.82) is 0 Å². The van der Waals surface area contributed by atoms with Crippen molar-refractivity contribution < 1.29 is 4.79 Å². The molecule has 0 atom stereocenters. The van der Waals surface area contributed by atoms with E-state index in [0.29, 0.717) is 12.5 Å². The topological polar surface area (TPSA) is 75.3 Å². The van der Waals surface area contributed by atoms with Crippen LogP contribution in [0.4, 0.5) is 5.69 Å². The van der Waals surface area contributed by atoms with Crippen molar-refractivity contribution in [3.63, 3.8) is 0 Å². The fourth-order valence-electron chi connectivity index (χ4n) is 7.97. The lowest BCUT2D eigenvalue weighted by molar-refractivity contribution is -0.142. The van der Waals surface area contributed by atoms with E-state index in [0.717, 1.165) is 80.8 Å². The molecule has 9 nitrogen and oxygen atoms in total. The molecule has 2 aliphatic carbocycles. The zero-order valence-corrected chi connectivity index (χ0v) is 22.6. The summed E-state index contributed by atoms with van der Waals surface area (Å²) in [6.07, 6.45) is 8.81. The van der Waals surface area contributed by atoms with Crippen LogP contribution in [0.2, 0.25) is 0 Å². The lowest BCUT2D eigenvalue weighted by atomic mass is 9.83. The van der Waals surface area contributed by atoms with Crippen LogP contribution >= 0.6 is 0 Å². The lowest BCUT2D eigenvalue weighted by Crippen LogP contribution is -2.57. The van der Waals surface area contributed by atoms with E-state index < -0.39 is 0 Å². The number of aryl methyl sites for hydroxylation is 3. The Morgan fingerprint density at radius 2 is 1.84 bits per heavy atom. The maximum Gasteiger partial charge on any atom is 0.237 e. The second-order valence-corrected chi connectivity index (χ2v) is 12.3. The summed E-state index contributed by atoms with van der Waals surface area (Å²) in [5.41, 5.74) is 7.50. The number of piperazine rings is 1. The van der Waals surface area contributed by atoms with E-state index in [2.05, 4.69) is 51.4 Å². The predicted octanol–water partition coefficient (Wildman–Crippen LogP) is 2.82. The van der Waals surface area contributed by atoms with Gasteiger partial charge in [-0.25, -0.2) is 4.98 Å². The van der Waals surface area contributed by atoms with Gasteiger partial charge in [-0.2, -0.15) is 10.2 Å². The third kappa shape index (κ3) is 3.53. The Hall–Kier alpha value is -2.94. The Labute approximate surface area is 218 Å². The van der Waals surface area contributed by atoms with Gasteiger partial charge < -0.3 is 9.80 Å². The number of carbonyl (C=O) groups excluding carboxylic acids is 1. The summed E-state index contributed by atoms with van der Waals surface area (Å²) in [6.45, 7) is 9.52. The normalized spacial score (nSPS) is 28.1. The molecule has 2 aliphatic heterocycles. The standard InChI is InChI=1S/C28H38N8O/c1-19-13-24(21-14-29-33(4)26(21)30-19)34-10-5-23-22(15-34)20(2)31-36(23)18-27-6-8-28(17-27,9-7-27)35-12-11-32(3)16-25(35)37/h13-14H,5-12,15-18H2,1-4H3. The number of hydrogen-bond donors (Lipinski definition) is 0. The molecule has 4 aliphatic rings. The van der Waals surface area contributed by atoms with Crippen LogP contribution in [-0.2, 0) is 31.4 Å². The first-order valence-corrected chi connectivity index (χ1v) is 13.8. The minimum atomic E-state index is 0.0890. The minimum Gasteiger partial charge on any atom is -0.366 e. The fourth-order valence-corrected chi connectivity index (χ4v) is 7.97. The molecule has 0 spiro atoms. The number of hydrogen-bond acceptors (Lipinski definition) is 6. The molecule has 1 amide bonds. The van der Waals surface area contributed by atoms with Gasteiger partial charge in [0.2, 0.25) is 5.91 Å². The van der Waals surface area contributed by atoms with Crippen LogP contribution in [0, 0.1) is 19.3 Å². The zero-order chi connectivity index (χ0) is 25.5. The number of pyridine rings is 1. The number of nitrogens with zero attached hydrogens (tertiary/aromatic N) is 8. The molecule has 37 heavy (non-hydrogen) atoms. The van der Waals surface area contributed by atoms with Gasteiger partial charge in [0, 0.05) is 68.7 Å². The third-order valence-corrected chi connectivity index (χ3v) is 9.90. The van der Waals surface area contributed by atoms with Gasteiger partial charge in [-0.05, 0) is 64.5 Å². The van der Waals surface area contributed by atoms with E-state index in [1.54, 1.807) is 0 Å². The van der Waals surface area contributed by atoms with Gasteiger partial charge in [0.25, 0.3) is 0 Å². The van der Waals surface area contributed by atoms with Crippen molar-refractivity contribution in [3.8, 4) is 0 Å². The Kier molecular flexibility index (Phi) is 5.03. The van der Waals surface area contributed by atoms with Crippen LogP contribution < -0.4 is 4.90 Å². The molecule has 0 unspecified atom stereocenters. The van der Waals surface area contributed by atoms with Crippen molar-refractivity contribution in [2.75, 3.05) is 38.1 Å². The Morgan fingerprint density at radius 3 is 2.62 bits per heavy atom. The smallest absolute Gasteiger partial charge is 0.237 e. The number of amides is 1. The van der Waals surface area contributed by atoms with Crippen molar-refractivity contribution >= 4 is 22.6 Å². The summed E-state index contributed by atoms with van der Waals surface area (Å²) >= 11 is 0. The number of rotatable bonds is 4. The number of aromatic nitrogens is 5. The second-order valence-electron chi connectivity index (χ2n) is 12.3. The Balaban J connectivity index is 1.13. The maximum atomic E-state index is 12.9. The number of carbonyl (C=O) groups is 1. The molecule has 1 saturated heterocycles. The summed E-state index contributed by atoms with van der Waals surface area (Å²) in [5.74, 6) is 0.327. The summed E-state index contributed by atoms with van der Waals surface area (Å²) in [5, 5.41) is 10.7. The van der Waals surface area contributed by atoms with Crippen LogP contribution in [0.15, 0.2) is 12.3 Å². The molecule has 2 bridgehead atoms. The van der Waals surface area contributed by atoms with Gasteiger partial charge in [0.15, 0.2) is 5.65 Å². The highest BCUT2D eigenvalue weighted by Crippen LogP contribution is 2.60. The van der Waals surface area contributed by atoms with E-state index in [1.165, 1.54) is 29.8 Å². The highest BCUT2D eigenvalue weighted by Gasteiger charge is 2.58. The van der Waals surface area contributed by atoms with Gasteiger partial charge in [-0.3, -0.25) is 19.1 Å². The van der Waals surface area contributed by atoms with E-state index in [-0.39, 0.29) is 11.0 Å². The molecule has 3 aromatic rings. The van der Waals surface area contributed by atoms with E-state index in [4.69, 9.17) is 10.1 Å². The molecular formula is C28H38N8O. The second kappa shape index (κ2) is 8.03. The van der Waals surface area contributed by atoms with Crippen molar-refractivity contribution in [2.45, 2.75) is 71.0 Å². The molecular weight excluding hydrogens is 464 g/mol. The maximum absolute atomic E-state index is 12.9. The van der Waals surface area contributed by atoms with E-state index in [9.17, 15) is 4.79 Å². The monoisotopic (exact) mass is 502 g/mol. The Bertz CT molecular complexity index is 1390. The molecule has 196 valence electrons. The summed E-state index contributed by atoms with van der Waals surface area (Å²) in [4.78, 5) is 24.5. The van der Waals surface area contributed by atoms with Crippen LogP contribution in [0.5, 0.6) is 0 Å². The summed E-state index contributed by atoms with van der Waals surface area (Å²) < 4.78 is 4.22. The van der Waals surface area contributed by atoms with Gasteiger partial charge in [0.05, 0.1) is 29.5 Å². The molecule has 3 aromatic heterocycles. The molecule has 7 rings (SSSR count). The minimum absolute atomic E-state index is 0.0890. The van der Waals surface area contributed by atoms with Crippen molar-refractivity contribution in [3.05, 3.63) is 34.9 Å². The number of likely N-dealkylation sites (N-methyl/N-ethyl adjacent to an activating group) is 1. The molecule has 3 fully saturated rings. The Morgan fingerprint density at radius 1 is 1.03 bits per heavy atom. The van der Waals surface area contributed by atoms with Crippen molar-refractivity contribution in [2.24, 2.45) is 12.5 Å². The molecule has 0 aromatic carbocycles. The largest absolute Gasteiger partial charge is 0.366 e. The third-order valence-electron chi connectivity index (χ3n) is 9.90. The van der Waals surface area contributed by atoms with Crippen LogP contribution in [-0.4, -0.2) is 79.0 Å². The molecule has 9 heteroatoms. The van der Waals surface area contributed by atoms with Gasteiger partial charge in [-0.1, -0.05) is 0 Å². The molecule has 0 radical (unpaired) electrons. The lowest BCUT2D eigenvalue weighted by Gasteiger charge is -2.44. The molecule has 5 heterocycles. The fraction of sp³-hybridized carbons (Fsp3) is 0.643. The molecule has 0 N–H and O–H groups in total. The highest BCUT2D eigenvalue weighted by atomic mass is 16.2.